The predicted molar refractivity (Wildman–Crippen MR) is 163 cm³/mol. The molecule has 5 rings (SSSR count). The summed E-state index contributed by atoms with van der Waals surface area (Å²) in [7, 11) is 0. The molecule has 0 aromatic heterocycles. The second-order valence-corrected chi connectivity index (χ2v) is 11.2. The first-order valence-corrected chi connectivity index (χ1v) is 14.7. The molecule has 0 radical (unpaired) electrons. The van der Waals surface area contributed by atoms with Crippen LogP contribution < -0.4 is 10.1 Å². The maximum absolute atomic E-state index is 12.6. The van der Waals surface area contributed by atoms with E-state index in [-0.39, 0.29) is 5.78 Å². The smallest absolute Gasteiger partial charge is 0.195 e. The number of ketones is 1. The molecule has 0 aliphatic carbocycles. The van der Waals surface area contributed by atoms with Crippen LogP contribution in [0.15, 0.2) is 108 Å². The van der Waals surface area contributed by atoms with Crippen LogP contribution in [-0.4, -0.2) is 34.9 Å². The van der Waals surface area contributed by atoms with Crippen molar-refractivity contribution in [1.29, 1.82) is 0 Å². The number of halogens is 1. The lowest BCUT2D eigenvalue weighted by molar-refractivity contribution is 0.0747. The van der Waals surface area contributed by atoms with E-state index in [0.717, 1.165) is 54.1 Å². The molecule has 1 heterocycles. The highest BCUT2D eigenvalue weighted by Crippen LogP contribution is 2.26. The minimum Gasteiger partial charge on any atom is -0.457 e. The van der Waals surface area contributed by atoms with Crippen molar-refractivity contribution in [2.45, 2.75) is 44.5 Å². The molecule has 0 saturated carbocycles. The summed E-state index contributed by atoms with van der Waals surface area (Å²) in [6.45, 7) is 3.77. The Labute approximate surface area is 244 Å². The predicted octanol–water partition coefficient (Wildman–Crippen LogP) is 7.30. The van der Waals surface area contributed by atoms with Crippen LogP contribution in [0.4, 0.5) is 0 Å². The molecule has 1 aliphatic rings. The number of benzene rings is 4. The average Bonchev–Trinajstić information content (AvgIpc) is 3.44. The minimum absolute atomic E-state index is 0.279. The van der Waals surface area contributed by atoms with E-state index in [1.54, 1.807) is 24.3 Å². The van der Waals surface area contributed by atoms with Crippen LogP contribution in [0, 0.1) is 0 Å². The number of likely N-dealkylation sites (tertiary alicyclic amines) is 1. The van der Waals surface area contributed by atoms with Gasteiger partial charge in [0, 0.05) is 29.2 Å². The lowest BCUT2D eigenvalue weighted by atomic mass is 9.99. The standard InChI is InChI=1S/C34H35BrN2O3/c35-29-14-18-32(19-15-29)40-31-16-10-26(11-17-31)24-37-22-4-7-30(37)20-21-36-23-25-8-12-28(13-9-25)34(39)33(38)27-5-2-1-3-6-27/h1-3,5-6,8-19,30,33,36,38H,4,7,20-24H2. The highest BCUT2D eigenvalue weighted by atomic mass is 79.9. The molecule has 4 aromatic rings. The third-order valence-electron chi connectivity index (χ3n) is 7.44. The van der Waals surface area contributed by atoms with Crippen LogP contribution >= 0.6 is 15.9 Å². The van der Waals surface area contributed by atoms with E-state index in [9.17, 15) is 9.90 Å². The van der Waals surface area contributed by atoms with Crippen molar-refractivity contribution in [2.24, 2.45) is 0 Å². The average molecular weight is 600 g/mol. The Balaban J connectivity index is 1.05. The molecular weight excluding hydrogens is 564 g/mol. The summed E-state index contributed by atoms with van der Waals surface area (Å²) in [5, 5.41) is 14.0. The fourth-order valence-electron chi connectivity index (χ4n) is 5.20. The van der Waals surface area contributed by atoms with Gasteiger partial charge in [0.1, 0.15) is 17.6 Å². The Morgan fingerprint density at radius 2 is 1.55 bits per heavy atom. The number of carbonyl (C=O) groups excluding carboxylic acids is 1. The SMILES string of the molecule is O=C(c1ccc(CNCCC2CCCN2Cc2ccc(Oc3ccc(Br)cc3)cc2)cc1)C(O)c1ccccc1. The summed E-state index contributed by atoms with van der Waals surface area (Å²) in [6.07, 6.45) is 2.43. The van der Waals surface area contributed by atoms with Gasteiger partial charge in [0.05, 0.1) is 0 Å². The van der Waals surface area contributed by atoms with E-state index in [4.69, 9.17) is 4.74 Å². The molecule has 0 bridgehead atoms. The normalized spacial score (nSPS) is 16.1. The van der Waals surface area contributed by atoms with Gasteiger partial charge in [0.15, 0.2) is 5.78 Å². The molecule has 4 aromatic carbocycles. The number of hydrogen-bond donors (Lipinski definition) is 2. The Bertz CT molecular complexity index is 1360. The number of carbonyl (C=O) groups is 1. The molecule has 2 unspecified atom stereocenters. The Morgan fingerprint density at radius 3 is 2.25 bits per heavy atom. The van der Waals surface area contributed by atoms with Crippen LogP contribution in [0.5, 0.6) is 11.5 Å². The van der Waals surface area contributed by atoms with Gasteiger partial charge in [-0.1, -0.05) is 82.7 Å². The van der Waals surface area contributed by atoms with Gasteiger partial charge < -0.3 is 15.2 Å². The first-order valence-electron chi connectivity index (χ1n) is 13.9. The van der Waals surface area contributed by atoms with E-state index in [1.807, 2.05) is 66.7 Å². The summed E-state index contributed by atoms with van der Waals surface area (Å²) < 4.78 is 6.99. The van der Waals surface area contributed by atoms with Crippen molar-refractivity contribution in [1.82, 2.24) is 10.2 Å². The van der Waals surface area contributed by atoms with Crippen LogP contribution in [0.25, 0.3) is 0 Å². The zero-order valence-corrected chi connectivity index (χ0v) is 24.1. The van der Waals surface area contributed by atoms with Gasteiger partial charge in [-0.15, -0.1) is 0 Å². The Kier molecular flexibility index (Phi) is 9.79. The lowest BCUT2D eigenvalue weighted by Gasteiger charge is -2.25. The molecule has 1 saturated heterocycles. The topological polar surface area (TPSA) is 61.8 Å². The molecule has 0 amide bonds. The van der Waals surface area contributed by atoms with Crippen LogP contribution in [0.2, 0.25) is 0 Å². The van der Waals surface area contributed by atoms with Crippen molar-refractivity contribution >= 4 is 21.7 Å². The largest absolute Gasteiger partial charge is 0.457 e. The molecule has 206 valence electrons. The van der Waals surface area contributed by atoms with E-state index < -0.39 is 6.10 Å². The zero-order chi connectivity index (χ0) is 27.7. The molecule has 2 N–H and O–H groups in total. The fourth-order valence-corrected chi connectivity index (χ4v) is 5.46. The number of rotatable bonds is 12. The third-order valence-corrected chi connectivity index (χ3v) is 7.97. The first-order chi connectivity index (χ1) is 19.5. The third kappa shape index (κ3) is 7.67. The van der Waals surface area contributed by atoms with E-state index in [0.29, 0.717) is 17.2 Å². The van der Waals surface area contributed by atoms with Gasteiger partial charge in [-0.05, 0) is 85.4 Å². The van der Waals surface area contributed by atoms with E-state index in [1.165, 1.54) is 18.4 Å². The Hall–Kier alpha value is -3.29. The number of aliphatic hydroxyl groups is 1. The van der Waals surface area contributed by atoms with Crippen molar-refractivity contribution in [3.8, 4) is 11.5 Å². The van der Waals surface area contributed by atoms with Crippen molar-refractivity contribution in [3.63, 3.8) is 0 Å². The quantitative estimate of drug-likeness (QED) is 0.132. The minimum atomic E-state index is -1.14. The highest BCUT2D eigenvalue weighted by molar-refractivity contribution is 9.10. The van der Waals surface area contributed by atoms with Gasteiger partial charge in [0.25, 0.3) is 0 Å². The monoisotopic (exact) mass is 598 g/mol. The maximum Gasteiger partial charge on any atom is 0.195 e. The van der Waals surface area contributed by atoms with Crippen LogP contribution in [0.3, 0.4) is 0 Å². The molecule has 1 aliphatic heterocycles. The fraction of sp³-hybridized carbons (Fsp3) is 0.265. The molecule has 40 heavy (non-hydrogen) atoms. The first kappa shape index (κ1) is 28.2. The van der Waals surface area contributed by atoms with Gasteiger partial charge in [0.2, 0.25) is 0 Å². The number of ether oxygens (including phenoxy) is 1. The van der Waals surface area contributed by atoms with Gasteiger partial charge >= 0.3 is 0 Å². The summed E-state index contributed by atoms with van der Waals surface area (Å²) in [6, 6.07) is 33.4. The maximum atomic E-state index is 12.6. The summed E-state index contributed by atoms with van der Waals surface area (Å²) >= 11 is 3.45. The van der Waals surface area contributed by atoms with E-state index >= 15 is 0 Å². The van der Waals surface area contributed by atoms with Gasteiger partial charge in [-0.3, -0.25) is 9.69 Å². The molecule has 2 atom stereocenters. The number of aliphatic hydroxyl groups excluding tert-OH is 1. The zero-order valence-electron chi connectivity index (χ0n) is 22.5. The number of nitrogens with one attached hydrogen (secondary N) is 1. The Morgan fingerprint density at radius 1 is 0.900 bits per heavy atom. The number of Topliss-reactive ketones (excluding diaryl/α,β-unsaturated/α-hetero) is 1. The van der Waals surface area contributed by atoms with Gasteiger partial charge in [-0.25, -0.2) is 0 Å². The van der Waals surface area contributed by atoms with E-state index in [2.05, 4.69) is 38.3 Å². The van der Waals surface area contributed by atoms with Crippen molar-refractivity contribution in [3.05, 3.63) is 130 Å². The number of nitrogens with zero attached hydrogens (tertiary/aromatic N) is 1. The van der Waals surface area contributed by atoms with Crippen molar-refractivity contribution in [2.75, 3.05) is 13.1 Å². The second kappa shape index (κ2) is 13.9. The number of hydrogen-bond acceptors (Lipinski definition) is 5. The molecule has 5 nitrogen and oxygen atoms in total. The highest BCUT2D eigenvalue weighted by Gasteiger charge is 2.24. The van der Waals surface area contributed by atoms with Crippen molar-refractivity contribution < 1.29 is 14.6 Å². The molecular formula is C34H35BrN2O3. The lowest BCUT2D eigenvalue weighted by Crippen LogP contribution is -2.31. The summed E-state index contributed by atoms with van der Waals surface area (Å²) in [5.41, 5.74) is 3.56. The van der Waals surface area contributed by atoms with Crippen LogP contribution in [0.1, 0.15) is 52.4 Å². The molecule has 1 fully saturated rings. The molecule has 0 spiro atoms. The van der Waals surface area contributed by atoms with Gasteiger partial charge in [-0.2, -0.15) is 0 Å². The summed E-state index contributed by atoms with van der Waals surface area (Å²) in [4.78, 5) is 15.2. The second-order valence-electron chi connectivity index (χ2n) is 10.3. The van der Waals surface area contributed by atoms with Crippen LogP contribution in [-0.2, 0) is 13.1 Å². The summed E-state index contributed by atoms with van der Waals surface area (Å²) in [5.74, 6) is 1.39. The molecule has 6 heteroatoms.